The molecule has 0 radical (unpaired) electrons. The fourth-order valence-electron chi connectivity index (χ4n) is 5.41. The van der Waals surface area contributed by atoms with Crippen LogP contribution in [-0.2, 0) is 6.54 Å². The molecule has 0 unspecified atom stereocenters. The van der Waals surface area contributed by atoms with Gasteiger partial charge in [0.1, 0.15) is 14.7 Å². The molecule has 5 nitrogen and oxygen atoms in total. The lowest BCUT2D eigenvalue weighted by Crippen LogP contribution is -2.52. The van der Waals surface area contributed by atoms with Crippen molar-refractivity contribution in [2.45, 2.75) is 31.9 Å². The van der Waals surface area contributed by atoms with E-state index in [4.69, 9.17) is 4.74 Å². The zero-order valence-electron chi connectivity index (χ0n) is 19.6. The van der Waals surface area contributed by atoms with Gasteiger partial charge < -0.3 is 19.4 Å². The van der Waals surface area contributed by atoms with Gasteiger partial charge in [-0.15, -0.1) is 0 Å². The highest BCUT2D eigenvalue weighted by Crippen LogP contribution is 2.35. The average molecular weight is 471 g/mol. The van der Waals surface area contributed by atoms with E-state index in [1.807, 2.05) is 18.3 Å². The number of benzene rings is 3. The van der Waals surface area contributed by atoms with Crippen LogP contribution in [0.4, 0.5) is 0 Å². The first-order valence-corrected chi connectivity index (χ1v) is 13.7. The Labute approximate surface area is 201 Å². The van der Waals surface area contributed by atoms with Gasteiger partial charge in [0.05, 0.1) is 12.7 Å². The number of fused-ring (bicyclic) bond motifs is 1. The largest absolute Gasteiger partial charge is 0.496 e. The minimum absolute atomic E-state index is 0.342. The molecular weight excluding hydrogens is 440 g/mol. The second-order valence-electron chi connectivity index (χ2n) is 9.19. The van der Waals surface area contributed by atoms with Crippen molar-refractivity contribution >= 4 is 31.0 Å². The van der Waals surface area contributed by atoms with Gasteiger partial charge in [-0.05, 0) is 72.4 Å². The van der Waals surface area contributed by atoms with E-state index in [9.17, 15) is 9.90 Å². The smallest absolute Gasteiger partial charge is 0.335 e. The van der Waals surface area contributed by atoms with Crippen molar-refractivity contribution in [1.82, 2.24) is 9.55 Å². The van der Waals surface area contributed by atoms with E-state index in [0.29, 0.717) is 11.5 Å². The fraction of sp³-hybridized carbons (Fsp3) is 0.250. The summed E-state index contributed by atoms with van der Waals surface area (Å²) in [5.41, 5.74) is 5.32. The topological polar surface area (TPSA) is 65.6 Å². The molecule has 1 saturated heterocycles. The number of aromatic nitrogens is 1. The maximum Gasteiger partial charge on any atom is 0.335 e. The monoisotopic (exact) mass is 470 g/mol. The molecule has 0 saturated carbocycles. The molecule has 4 aromatic rings. The molecule has 5 rings (SSSR count). The molecule has 0 spiro atoms. The van der Waals surface area contributed by atoms with Crippen molar-refractivity contribution in [2.75, 3.05) is 13.7 Å². The van der Waals surface area contributed by atoms with E-state index in [1.54, 1.807) is 19.2 Å². The summed E-state index contributed by atoms with van der Waals surface area (Å²) in [7, 11) is 0.169. The lowest BCUT2D eigenvalue weighted by atomic mass is 9.97. The van der Waals surface area contributed by atoms with E-state index < -0.39 is 14.9 Å². The quantitative estimate of drug-likeness (QED) is 0.397. The van der Waals surface area contributed by atoms with Gasteiger partial charge >= 0.3 is 5.97 Å². The second-order valence-corrected chi connectivity index (χ2v) is 12.1. The zero-order valence-corrected chi connectivity index (χ0v) is 20.8. The molecule has 2 atom stereocenters. The number of ether oxygens (including phenoxy) is 1. The summed E-state index contributed by atoms with van der Waals surface area (Å²) in [5.74, 6) is 0.583. The van der Waals surface area contributed by atoms with E-state index in [0.717, 1.165) is 31.3 Å². The molecule has 2 N–H and O–H groups in total. The highest BCUT2D eigenvalue weighted by atomic mass is 28.3. The first-order valence-electron chi connectivity index (χ1n) is 11.8. The SMILES string of the molecule is COc1cc(C)c2[nH]ccc2c1CN1CC[C@H](c2ccccc2)C[Si@H]1c1ccc(C(=O)O)cc1. The molecule has 1 aliphatic rings. The van der Waals surface area contributed by atoms with Gasteiger partial charge in [0.2, 0.25) is 0 Å². The Morgan fingerprint density at radius 1 is 1.15 bits per heavy atom. The number of aromatic amines is 1. The number of aryl methyl sites for hydroxylation is 1. The Kier molecular flexibility index (Phi) is 6.26. The van der Waals surface area contributed by atoms with Crippen molar-refractivity contribution in [3.63, 3.8) is 0 Å². The Morgan fingerprint density at radius 3 is 2.62 bits per heavy atom. The van der Waals surface area contributed by atoms with Crippen LogP contribution in [0.3, 0.4) is 0 Å². The number of aromatic carboxylic acids is 1. The third kappa shape index (κ3) is 4.27. The minimum Gasteiger partial charge on any atom is -0.496 e. The normalized spacial score (nSPS) is 18.8. The predicted molar refractivity (Wildman–Crippen MR) is 139 cm³/mol. The Morgan fingerprint density at radius 2 is 1.91 bits per heavy atom. The van der Waals surface area contributed by atoms with E-state index in [-0.39, 0.29) is 0 Å². The molecule has 1 aromatic heterocycles. The van der Waals surface area contributed by atoms with Gasteiger partial charge in [-0.2, -0.15) is 0 Å². The number of hydrogen-bond donors (Lipinski definition) is 2. The van der Waals surface area contributed by atoms with Crippen LogP contribution in [-0.4, -0.2) is 43.2 Å². The molecule has 1 fully saturated rings. The van der Waals surface area contributed by atoms with Crippen molar-refractivity contribution in [3.8, 4) is 5.75 Å². The zero-order chi connectivity index (χ0) is 23.7. The highest BCUT2D eigenvalue weighted by molar-refractivity contribution is 6.71. The minimum atomic E-state index is -1.58. The molecule has 34 heavy (non-hydrogen) atoms. The van der Waals surface area contributed by atoms with Crippen molar-refractivity contribution in [2.24, 2.45) is 0 Å². The van der Waals surface area contributed by atoms with Crippen LogP contribution in [0.15, 0.2) is 72.9 Å². The Balaban J connectivity index is 1.51. The number of nitrogens with zero attached hydrogens (tertiary/aromatic N) is 1. The fourth-order valence-corrected chi connectivity index (χ4v) is 8.95. The standard InChI is InChI=1S/C28H30N2O3Si/c1-19-16-26(33-2)25(24-12-14-29-27(19)24)17-30-15-13-22(20-6-4-3-5-7-20)18-34(30)23-10-8-21(9-11-23)28(31)32/h3-12,14,16,22,29,34H,13,15,17-18H2,1-2H3,(H,31,32)/t22-,34-/m0/s1. The summed E-state index contributed by atoms with van der Waals surface area (Å²) in [6.07, 6.45) is 3.12. The number of carboxylic acid groups (broad SMARTS) is 1. The number of H-pyrrole nitrogens is 1. The molecule has 0 amide bonds. The van der Waals surface area contributed by atoms with E-state index in [1.165, 1.54) is 32.8 Å². The maximum absolute atomic E-state index is 11.4. The molecule has 2 heterocycles. The van der Waals surface area contributed by atoms with Gasteiger partial charge in [0.15, 0.2) is 0 Å². The van der Waals surface area contributed by atoms with Gasteiger partial charge in [-0.3, -0.25) is 0 Å². The van der Waals surface area contributed by atoms with Crippen molar-refractivity contribution < 1.29 is 14.6 Å². The van der Waals surface area contributed by atoms with Crippen LogP contribution in [0, 0.1) is 6.92 Å². The maximum atomic E-state index is 11.4. The second kappa shape index (κ2) is 9.48. The number of carboxylic acids is 1. The molecule has 0 aliphatic carbocycles. The summed E-state index contributed by atoms with van der Waals surface area (Å²) in [6.45, 7) is 3.95. The molecular formula is C28H30N2O3Si. The van der Waals surface area contributed by atoms with Gasteiger partial charge in [-0.1, -0.05) is 42.5 Å². The summed E-state index contributed by atoms with van der Waals surface area (Å²) in [6, 6.07) is 23.8. The number of nitrogens with one attached hydrogen (secondary N) is 1. The summed E-state index contributed by atoms with van der Waals surface area (Å²) < 4.78 is 8.49. The third-order valence-electron chi connectivity index (χ3n) is 7.22. The van der Waals surface area contributed by atoms with Crippen molar-refractivity contribution in [3.05, 3.63) is 95.2 Å². The molecule has 1 aliphatic heterocycles. The first-order chi connectivity index (χ1) is 16.5. The van der Waals surface area contributed by atoms with Gasteiger partial charge in [0.25, 0.3) is 0 Å². The highest BCUT2D eigenvalue weighted by Gasteiger charge is 2.33. The third-order valence-corrected chi connectivity index (χ3v) is 10.7. The van der Waals surface area contributed by atoms with E-state index in [2.05, 4.69) is 58.9 Å². The van der Waals surface area contributed by atoms with Crippen LogP contribution >= 0.6 is 0 Å². The summed E-state index contributed by atoms with van der Waals surface area (Å²) in [4.78, 5) is 14.8. The van der Waals surface area contributed by atoms with E-state index >= 15 is 0 Å². The lowest BCUT2D eigenvalue weighted by Gasteiger charge is -2.39. The Hall–Kier alpha value is -3.35. The number of hydrogen-bond acceptors (Lipinski definition) is 3. The van der Waals surface area contributed by atoms with Gasteiger partial charge in [-0.25, -0.2) is 4.79 Å². The predicted octanol–water partition coefficient (Wildman–Crippen LogP) is 4.80. The number of methoxy groups -OCH3 is 1. The average Bonchev–Trinajstić information content (AvgIpc) is 3.37. The number of carbonyl (C=O) groups is 1. The summed E-state index contributed by atoms with van der Waals surface area (Å²) in [5, 5.41) is 11.9. The summed E-state index contributed by atoms with van der Waals surface area (Å²) >= 11 is 0. The first kappa shape index (κ1) is 22.4. The van der Waals surface area contributed by atoms with Crippen LogP contribution < -0.4 is 9.92 Å². The van der Waals surface area contributed by atoms with Crippen LogP contribution in [0.5, 0.6) is 5.75 Å². The van der Waals surface area contributed by atoms with Crippen LogP contribution in [0.25, 0.3) is 10.9 Å². The van der Waals surface area contributed by atoms with Crippen LogP contribution in [0.2, 0.25) is 6.04 Å². The van der Waals surface area contributed by atoms with Gasteiger partial charge in [0, 0.05) is 29.2 Å². The number of rotatable bonds is 6. The molecule has 0 bridgehead atoms. The lowest BCUT2D eigenvalue weighted by molar-refractivity contribution is 0.0697. The van der Waals surface area contributed by atoms with Crippen LogP contribution in [0.1, 0.15) is 39.4 Å². The molecule has 3 aromatic carbocycles. The molecule has 174 valence electrons. The van der Waals surface area contributed by atoms with Crippen molar-refractivity contribution in [1.29, 1.82) is 0 Å². The Bertz CT molecular complexity index is 1300. The molecule has 6 heteroatoms.